The number of carbonyl (C=O) groups is 3. The fourth-order valence-corrected chi connectivity index (χ4v) is 7.35. The van der Waals surface area contributed by atoms with E-state index in [9.17, 15) is 14.4 Å². The van der Waals surface area contributed by atoms with Crippen molar-refractivity contribution in [3.05, 3.63) is 144 Å². The molecule has 2 aliphatic rings. The van der Waals surface area contributed by atoms with Crippen molar-refractivity contribution in [2.75, 3.05) is 0 Å². The van der Waals surface area contributed by atoms with E-state index in [0.717, 1.165) is 33.4 Å². The number of hydrogen-bond acceptors (Lipinski definition) is 7. The van der Waals surface area contributed by atoms with Gasteiger partial charge in [0.2, 0.25) is 0 Å². The number of likely N-dealkylation sites (tertiary alicyclic amines) is 1. The van der Waals surface area contributed by atoms with Gasteiger partial charge in [-0.1, -0.05) is 121 Å². The maximum absolute atomic E-state index is 14.2. The van der Waals surface area contributed by atoms with Gasteiger partial charge in [-0.2, -0.15) is 0 Å². The second kappa shape index (κ2) is 15.4. The van der Waals surface area contributed by atoms with Crippen LogP contribution in [-0.4, -0.2) is 52.3 Å². The highest BCUT2D eigenvalue weighted by Gasteiger charge is 2.47. The van der Waals surface area contributed by atoms with Crippen LogP contribution in [0.4, 0.5) is 4.79 Å². The first-order valence-corrected chi connectivity index (χ1v) is 18.4. The van der Waals surface area contributed by atoms with Crippen LogP contribution in [-0.2, 0) is 35.9 Å². The maximum Gasteiger partial charge on any atom is 0.411 e. The normalized spacial score (nSPS) is 18.3. The number of nitrogens with one attached hydrogen (secondary N) is 1. The van der Waals surface area contributed by atoms with Gasteiger partial charge in [0.25, 0.3) is 0 Å². The number of hydrogen-bond donors (Lipinski definition) is 1. The second-order valence-electron chi connectivity index (χ2n) is 15.7. The number of benzene rings is 4. The van der Waals surface area contributed by atoms with Crippen LogP contribution in [0, 0.1) is 0 Å². The molecule has 8 nitrogen and oxygen atoms in total. The van der Waals surface area contributed by atoms with E-state index in [2.05, 4.69) is 41.7 Å². The molecule has 4 aromatic rings. The smallest absolute Gasteiger partial charge is 0.411 e. The minimum Gasteiger partial charge on any atom is -0.459 e. The summed E-state index contributed by atoms with van der Waals surface area (Å²) >= 11 is 0. The molecule has 0 bridgehead atoms. The zero-order valence-electron chi connectivity index (χ0n) is 31.5. The van der Waals surface area contributed by atoms with Crippen LogP contribution in [0.15, 0.2) is 121 Å². The molecular formula is C45H50N2O6. The number of fused-ring (bicyclic) bond motifs is 3. The Morgan fingerprint density at radius 2 is 1.30 bits per heavy atom. The topological polar surface area (TPSA) is 94.2 Å². The van der Waals surface area contributed by atoms with Crippen LogP contribution < -0.4 is 5.32 Å². The highest BCUT2D eigenvalue weighted by molar-refractivity contribution is 5.85. The summed E-state index contributed by atoms with van der Waals surface area (Å²) in [7, 11) is 0. The van der Waals surface area contributed by atoms with Gasteiger partial charge in [-0.05, 0) is 94.2 Å². The van der Waals surface area contributed by atoms with E-state index in [0.29, 0.717) is 12.8 Å². The van der Waals surface area contributed by atoms with Crippen LogP contribution in [0.1, 0.15) is 83.1 Å². The summed E-state index contributed by atoms with van der Waals surface area (Å²) in [6, 6.07) is 34.2. The first-order chi connectivity index (χ1) is 25.3. The summed E-state index contributed by atoms with van der Waals surface area (Å²) in [6.45, 7) is 11.1. The van der Waals surface area contributed by atoms with Crippen LogP contribution in [0.3, 0.4) is 0 Å². The van der Waals surface area contributed by atoms with Crippen molar-refractivity contribution in [1.82, 2.24) is 10.2 Å². The van der Waals surface area contributed by atoms with Gasteiger partial charge in [-0.3, -0.25) is 15.0 Å². The van der Waals surface area contributed by atoms with E-state index in [1.807, 2.05) is 106 Å². The summed E-state index contributed by atoms with van der Waals surface area (Å²) in [4.78, 5) is 42.8. The lowest BCUT2D eigenvalue weighted by Crippen LogP contribution is -2.52. The molecule has 1 fully saturated rings. The Labute approximate surface area is 313 Å². The average molecular weight is 715 g/mol. The standard InChI is InChI=1S/C45H50N2O6/c1-43(2,3)52-40(48)38(46-45(32-20-11-8-12-21-32)36-25-15-13-23-34(36)35-24-14-16-26-37(35)45)27-17-22-33-28-29-39(47(33)42(50)53-44(4,5)6)41(49)51-30-31-18-9-7-10-19-31/h7-26,33,38-39,46H,27-30H2,1-6H3/b22-17+/t33-,38-,39-/m0/s1. The minimum atomic E-state index is -0.854. The molecule has 1 saturated heterocycles. The fraction of sp³-hybridized carbons (Fsp3) is 0.356. The highest BCUT2D eigenvalue weighted by Crippen LogP contribution is 2.51. The molecule has 1 aliphatic heterocycles. The lowest BCUT2D eigenvalue weighted by Gasteiger charge is -2.37. The highest BCUT2D eigenvalue weighted by atomic mass is 16.6. The Hall–Kier alpha value is -5.21. The number of nitrogens with zero attached hydrogens (tertiary/aromatic N) is 1. The summed E-state index contributed by atoms with van der Waals surface area (Å²) in [5.41, 5.74) is 3.81. The van der Waals surface area contributed by atoms with Gasteiger partial charge in [-0.15, -0.1) is 0 Å². The lowest BCUT2D eigenvalue weighted by atomic mass is 9.79. The zero-order chi connectivity index (χ0) is 37.8. The molecule has 1 N–H and O–H groups in total. The number of ether oxygens (including phenoxy) is 3. The van der Waals surface area contributed by atoms with Crippen LogP contribution >= 0.6 is 0 Å². The van der Waals surface area contributed by atoms with E-state index >= 15 is 0 Å². The Morgan fingerprint density at radius 3 is 1.89 bits per heavy atom. The van der Waals surface area contributed by atoms with Gasteiger partial charge < -0.3 is 14.2 Å². The molecule has 1 amide bonds. The van der Waals surface area contributed by atoms with Crippen molar-refractivity contribution in [1.29, 1.82) is 0 Å². The van der Waals surface area contributed by atoms with Gasteiger partial charge in [0, 0.05) is 0 Å². The number of rotatable bonds is 10. The van der Waals surface area contributed by atoms with Gasteiger partial charge in [0.15, 0.2) is 0 Å². The van der Waals surface area contributed by atoms with Crippen LogP contribution in [0.25, 0.3) is 11.1 Å². The van der Waals surface area contributed by atoms with E-state index in [-0.39, 0.29) is 13.0 Å². The number of amides is 1. The second-order valence-corrected chi connectivity index (χ2v) is 15.7. The minimum absolute atomic E-state index is 0.109. The van der Waals surface area contributed by atoms with Crippen LogP contribution in [0.5, 0.6) is 0 Å². The molecule has 0 saturated carbocycles. The lowest BCUT2D eigenvalue weighted by molar-refractivity contribution is -0.157. The van der Waals surface area contributed by atoms with Gasteiger partial charge in [-0.25, -0.2) is 9.59 Å². The Morgan fingerprint density at radius 1 is 0.755 bits per heavy atom. The monoisotopic (exact) mass is 714 g/mol. The molecule has 53 heavy (non-hydrogen) atoms. The van der Waals surface area contributed by atoms with Crippen molar-refractivity contribution >= 4 is 18.0 Å². The van der Waals surface area contributed by atoms with Gasteiger partial charge in [0.05, 0.1) is 11.6 Å². The summed E-state index contributed by atoms with van der Waals surface area (Å²) in [6.07, 6.45) is 4.43. The first-order valence-electron chi connectivity index (χ1n) is 18.4. The number of esters is 2. The summed E-state index contributed by atoms with van der Waals surface area (Å²) < 4.78 is 17.5. The Kier molecular flexibility index (Phi) is 10.9. The Bertz CT molecular complexity index is 1900. The molecule has 1 aliphatic carbocycles. The van der Waals surface area contributed by atoms with E-state index in [1.54, 1.807) is 20.8 Å². The molecule has 0 radical (unpaired) electrons. The molecule has 3 atom stereocenters. The zero-order valence-corrected chi connectivity index (χ0v) is 31.5. The van der Waals surface area contributed by atoms with E-state index in [4.69, 9.17) is 14.2 Å². The van der Waals surface area contributed by atoms with Gasteiger partial charge >= 0.3 is 18.0 Å². The van der Waals surface area contributed by atoms with E-state index < -0.39 is 52.9 Å². The SMILES string of the molecule is CC(C)(C)OC(=O)[C@H](C/C=C/[C@H]1CC[C@@H](C(=O)OCc2ccccc2)N1C(=O)OC(C)(C)C)NC1(c2ccccc2)c2ccccc2-c2ccccc21. The first kappa shape index (κ1) is 37.5. The molecule has 0 aromatic heterocycles. The van der Waals surface area contributed by atoms with Crippen molar-refractivity contribution in [2.24, 2.45) is 0 Å². The average Bonchev–Trinajstić information content (AvgIpc) is 3.68. The molecule has 4 aromatic carbocycles. The summed E-state index contributed by atoms with van der Waals surface area (Å²) in [5.74, 6) is -0.871. The third kappa shape index (κ3) is 8.39. The predicted molar refractivity (Wildman–Crippen MR) is 206 cm³/mol. The molecule has 276 valence electrons. The van der Waals surface area contributed by atoms with Crippen molar-refractivity contribution < 1.29 is 28.6 Å². The van der Waals surface area contributed by atoms with Crippen LogP contribution in [0.2, 0.25) is 0 Å². The third-order valence-electron chi connectivity index (χ3n) is 9.50. The maximum atomic E-state index is 14.2. The summed E-state index contributed by atoms with van der Waals surface area (Å²) in [5, 5.41) is 3.83. The van der Waals surface area contributed by atoms with Gasteiger partial charge in [0.1, 0.15) is 29.9 Å². The van der Waals surface area contributed by atoms with Crippen molar-refractivity contribution in [3.63, 3.8) is 0 Å². The Balaban J connectivity index is 1.32. The van der Waals surface area contributed by atoms with Crippen molar-refractivity contribution in [3.8, 4) is 11.1 Å². The fourth-order valence-electron chi connectivity index (χ4n) is 7.35. The largest absolute Gasteiger partial charge is 0.459 e. The molecule has 1 heterocycles. The molecule has 0 unspecified atom stereocenters. The molecule has 0 spiro atoms. The van der Waals surface area contributed by atoms with E-state index in [1.165, 1.54) is 4.90 Å². The molecular weight excluding hydrogens is 665 g/mol. The van der Waals surface area contributed by atoms with Crippen molar-refractivity contribution in [2.45, 2.75) is 102 Å². The predicted octanol–water partition coefficient (Wildman–Crippen LogP) is 8.72. The quantitative estimate of drug-likeness (QED) is 0.0998. The number of carbonyl (C=O) groups excluding carboxylic acids is 3. The molecule has 8 heteroatoms. The molecule has 6 rings (SSSR count). The third-order valence-corrected chi connectivity index (χ3v) is 9.50.